The molecule has 30 heavy (non-hydrogen) atoms. The van der Waals surface area contributed by atoms with Gasteiger partial charge in [-0.15, -0.1) is 0 Å². The van der Waals surface area contributed by atoms with Crippen LogP contribution in [-0.4, -0.2) is 47.6 Å². The first-order valence-electron chi connectivity index (χ1n) is 10.7. The van der Waals surface area contributed by atoms with E-state index < -0.39 is 6.04 Å². The van der Waals surface area contributed by atoms with E-state index in [1.54, 1.807) is 29.2 Å². The van der Waals surface area contributed by atoms with Crippen LogP contribution >= 0.6 is 0 Å². The van der Waals surface area contributed by atoms with Crippen molar-refractivity contribution < 1.29 is 14.7 Å². The number of carbonyl (C=O) groups is 2. The average Bonchev–Trinajstić information content (AvgIpc) is 2.75. The number of aryl methyl sites for hydroxylation is 2. The van der Waals surface area contributed by atoms with Crippen LogP contribution in [0.1, 0.15) is 48.2 Å². The normalized spacial score (nSPS) is 11.9. The van der Waals surface area contributed by atoms with Gasteiger partial charge < -0.3 is 15.3 Å². The number of amides is 2. The minimum absolute atomic E-state index is 0.0322. The van der Waals surface area contributed by atoms with Crippen molar-refractivity contribution in [1.82, 2.24) is 10.2 Å². The summed E-state index contributed by atoms with van der Waals surface area (Å²) >= 11 is 0. The minimum Gasteiger partial charge on any atom is -0.396 e. The third-order valence-corrected chi connectivity index (χ3v) is 5.17. The maximum Gasteiger partial charge on any atom is 0.251 e. The van der Waals surface area contributed by atoms with Crippen LogP contribution in [0.2, 0.25) is 0 Å². The summed E-state index contributed by atoms with van der Waals surface area (Å²) in [7, 11) is 0. The fourth-order valence-corrected chi connectivity index (χ4v) is 3.35. The highest BCUT2D eigenvalue weighted by Crippen LogP contribution is 2.12. The van der Waals surface area contributed by atoms with Gasteiger partial charge in [-0.3, -0.25) is 9.59 Å². The highest BCUT2D eigenvalue weighted by Gasteiger charge is 2.28. The zero-order chi connectivity index (χ0) is 21.9. The number of hydrogen-bond acceptors (Lipinski definition) is 3. The third-order valence-electron chi connectivity index (χ3n) is 5.17. The van der Waals surface area contributed by atoms with Crippen molar-refractivity contribution in [2.75, 3.05) is 19.7 Å². The zero-order valence-electron chi connectivity index (χ0n) is 18.3. The van der Waals surface area contributed by atoms with Gasteiger partial charge >= 0.3 is 0 Å². The topological polar surface area (TPSA) is 69.6 Å². The Balaban J connectivity index is 2.03. The van der Waals surface area contributed by atoms with Crippen LogP contribution in [-0.2, 0) is 11.2 Å². The summed E-state index contributed by atoms with van der Waals surface area (Å²) in [4.78, 5) is 27.7. The van der Waals surface area contributed by atoms with Gasteiger partial charge in [-0.05, 0) is 49.8 Å². The van der Waals surface area contributed by atoms with Crippen molar-refractivity contribution in [1.29, 1.82) is 0 Å². The van der Waals surface area contributed by atoms with E-state index in [1.165, 1.54) is 11.1 Å². The molecule has 2 amide bonds. The molecule has 0 bridgehead atoms. The summed E-state index contributed by atoms with van der Waals surface area (Å²) in [5, 5.41) is 12.2. The standard InChI is InChI=1S/C25H34N2O3/c1-19(2)23(26-24(29)22-10-5-4-6-11-22)25(30)27(17-8-18-28)16-7-9-21-14-12-20(3)13-15-21/h4-6,10-15,19,23,28H,7-9,16-18H2,1-3H3,(H,26,29)/t23-/m1/s1. The van der Waals surface area contributed by atoms with Gasteiger partial charge in [0.2, 0.25) is 5.91 Å². The summed E-state index contributed by atoms with van der Waals surface area (Å²) in [5.74, 6) is -0.380. The fraction of sp³-hybridized carbons (Fsp3) is 0.440. The molecule has 0 aliphatic carbocycles. The molecular formula is C25H34N2O3. The Kier molecular flexibility index (Phi) is 9.55. The van der Waals surface area contributed by atoms with Crippen molar-refractivity contribution in [3.63, 3.8) is 0 Å². The van der Waals surface area contributed by atoms with Gasteiger partial charge in [-0.1, -0.05) is 61.9 Å². The third kappa shape index (κ3) is 7.30. The molecule has 2 rings (SSSR count). The van der Waals surface area contributed by atoms with E-state index in [-0.39, 0.29) is 24.3 Å². The molecule has 0 saturated heterocycles. The van der Waals surface area contributed by atoms with Crippen LogP contribution < -0.4 is 5.32 Å². The molecule has 2 aromatic carbocycles. The molecule has 0 radical (unpaired) electrons. The predicted molar refractivity (Wildman–Crippen MR) is 120 cm³/mol. The monoisotopic (exact) mass is 410 g/mol. The smallest absolute Gasteiger partial charge is 0.251 e. The van der Waals surface area contributed by atoms with E-state index in [4.69, 9.17) is 0 Å². The van der Waals surface area contributed by atoms with E-state index in [0.717, 1.165) is 12.8 Å². The summed E-state index contributed by atoms with van der Waals surface area (Å²) < 4.78 is 0. The van der Waals surface area contributed by atoms with E-state index in [9.17, 15) is 14.7 Å². The highest BCUT2D eigenvalue weighted by atomic mass is 16.3. The maximum atomic E-state index is 13.3. The Labute approximate surface area is 180 Å². The van der Waals surface area contributed by atoms with Crippen LogP contribution in [0.15, 0.2) is 54.6 Å². The van der Waals surface area contributed by atoms with Crippen LogP contribution in [0.4, 0.5) is 0 Å². The Morgan fingerprint density at radius 1 is 0.967 bits per heavy atom. The largest absolute Gasteiger partial charge is 0.396 e. The SMILES string of the molecule is Cc1ccc(CCCN(CCCO)C(=O)[C@H](NC(=O)c2ccccc2)C(C)C)cc1. The number of nitrogens with zero attached hydrogens (tertiary/aromatic N) is 1. The molecule has 0 heterocycles. The molecule has 162 valence electrons. The van der Waals surface area contributed by atoms with Crippen molar-refractivity contribution in [3.05, 3.63) is 71.3 Å². The molecule has 0 aliphatic heterocycles. The number of aliphatic hydroxyl groups is 1. The highest BCUT2D eigenvalue weighted by molar-refractivity contribution is 5.97. The molecule has 0 fully saturated rings. The second-order valence-corrected chi connectivity index (χ2v) is 8.05. The molecular weight excluding hydrogens is 376 g/mol. The quantitative estimate of drug-likeness (QED) is 0.595. The van der Waals surface area contributed by atoms with Crippen LogP contribution in [0.3, 0.4) is 0 Å². The second kappa shape index (κ2) is 12.1. The summed E-state index contributed by atoms with van der Waals surface area (Å²) in [6, 6.07) is 16.8. The summed E-state index contributed by atoms with van der Waals surface area (Å²) in [6.07, 6.45) is 2.23. The molecule has 0 unspecified atom stereocenters. The number of benzene rings is 2. The van der Waals surface area contributed by atoms with Crippen LogP contribution in [0.25, 0.3) is 0 Å². The van der Waals surface area contributed by atoms with Gasteiger partial charge in [0.1, 0.15) is 6.04 Å². The van der Waals surface area contributed by atoms with Gasteiger partial charge in [-0.25, -0.2) is 0 Å². The van der Waals surface area contributed by atoms with Gasteiger partial charge in [0, 0.05) is 25.3 Å². The molecule has 0 saturated carbocycles. The van der Waals surface area contributed by atoms with E-state index in [1.807, 2.05) is 19.9 Å². The Morgan fingerprint density at radius 2 is 1.60 bits per heavy atom. The number of aliphatic hydroxyl groups excluding tert-OH is 1. The van der Waals surface area contributed by atoms with Gasteiger partial charge in [0.05, 0.1) is 0 Å². The molecule has 2 aromatic rings. The molecule has 1 atom stereocenters. The second-order valence-electron chi connectivity index (χ2n) is 8.05. The molecule has 0 aliphatic rings. The Morgan fingerprint density at radius 3 is 2.20 bits per heavy atom. The lowest BCUT2D eigenvalue weighted by atomic mass is 10.0. The van der Waals surface area contributed by atoms with Crippen molar-refractivity contribution in [2.24, 2.45) is 5.92 Å². The predicted octanol–water partition coefficient (Wildman–Crippen LogP) is 3.59. The lowest BCUT2D eigenvalue weighted by Gasteiger charge is -2.30. The number of rotatable bonds is 11. The van der Waals surface area contributed by atoms with Crippen LogP contribution in [0.5, 0.6) is 0 Å². The number of nitrogens with one attached hydrogen (secondary N) is 1. The maximum absolute atomic E-state index is 13.3. The molecule has 2 N–H and O–H groups in total. The molecule has 5 nitrogen and oxygen atoms in total. The Hall–Kier alpha value is -2.66. The molecule has 0 spiro atoms. The Bertz CT molecular complexity index is 788. The van der Waals surface area contributed by atoms with Crippen LogP contribution in [0, 0.1) is 12.8 Å². The summed E-state index contributed by atoms with van der Waals surface area (Å²) in [6.45, 7) is 7.04. The summed E-state index contributed by atoms with van der Waals surface area (Å²) in [5.41, 5.74) is 3.01. The average molecular weight is 411 g/mol. The first-order chi connectivity index (χ1) is 14.4. The van der Waals surface area contributed by atoms with Crippen molar-refractivity contribution in [3.8, 4) is 0 Å². The lowest BCUT2D eigenvalue weighted by molar-refractivity contribution is -0.134. The van der Waals surface area contributed by atoms with Gasteiger partial charge in [0.15, 0.2) is 0 Å². The minimum atomic E-state index is -0.601. The lowest BCUT2D eigenvalue weighted by Crippen LogP contribution is -2.51. The zero-order valence-corrected chi connectivity index (χ0v) is 18.3. The fourth-order valence-electron chi connectivity index (χ4n) is 3.35. The van der Waals surface area contributed by atoms with Crippen molar-refractivity contribution >= 4 is 11.8 Å². The first kappa shape index (κ1) is 23.6. The van der Waals surface area contributed by atoms with Gasteiger partial charge in [0.25, 0.3) is 5.91 Å². The van der Waals surface area contributed by atoms with Gasteiger partial charge in [-0.2, -0.15) is 0 Å². The van der Waals surface area contributed by atoms with E-state index in [2.05, 4.69) is 36.5 Å². The van der Waals surface area contributed by atoms with E-state index in [0.29, 0.717) is 25.1 Å². The first-order valence-corrected chi connectivity index (χ1v) is 10.7. The molecule has 5 heteroatoms. The van der Waals surface area contributed by atoms with E-state index >= 15 is 0 Å². The number of hydrogen-bond donors (Lipinski definition) is 2. The number of carbonyl (C=O) groups excluding carboxylic acids is 2. The van der Waals surface area contributed by atoms with Crippen molar-refractivity contribution in [2.45, 2.75) is 46.1 Å². The molecule has 0 aromatic heterocycles.